The van der Waals surface area contributed by atoms with Crippen LogP contribution in [0.3, 0.4) is 0 Å². The van der Waals surface area contributed by atoms with Crippen molar-refractivity contribution < 1.29 is 0 Å². The Hall–Kier alpha value is -1.29. The van der Waals surface area contributed by atoms with Crippen LogP contribution in [0.1, 0.15) is 18.9 Å². The van der Waals surface area contributed by atoms with E-state index in [1.807, 2.05) is 18.2 Å². The molecule has 0 spiro atoms. The summed E-state index contributed by atoms with van der Waals surface area (Å²) in [5.74, 6) is 0.620. The lowest BCUT2D eigenvalue weighted by molar-refractivity contribution is 0.640. The van der Waals surface area contributed by atoms with Gasteiger partial charge in [-0.1, -0.05) is 31.3 Å². The Morgan fingerprint density at radius 3 is 2.80 bits per heavy atom. The van der Waals surface area contributed by atoms with Gasteiger partial charge in [-0.05, 0) is 18.1 Å². The molecule has 0 fully saturated rings. The molecule has 2 aromatic rings. The molecule has 0 aliphatic carbocycles. The van der Waals surface area contributed by atoms with E-state index in [9.17, 15) is 0 Å². The summed E-state index contributed by atoms with van der Waals surface area (Å²) in [5, 5.41) is 10.3. The van der Waals surface area contributed by atoms with Crippen LogP contribution in [0.5, 0.6) is 0 Å². The van der Waals surface area contributed by atoms with E-state index in [1.54, 1.807) is 17.5 Å². The van der Waals surface area contributed by atoms with Crippen molar-refractivity contribution in [2.24, 2.45) is 5.92 Å². The fourth-order valence-corrected chi connectivity index (χ4v) is 2.31. The van der Waals surface area contributed by atoms with Crippen LogP contribution in [-0.2, 0) is 6.42 Å². The molecule has 2 rings (SSSR count). The van der Waals surface area contributed by atoms with Crippen molar-refractivity contribution in [3.63, 3.8) is 0 Å². The summed E-state index contributed by atoms with van der Waals surface area (Å²) < 4.78 is 0. The van der Waals surface area contributed by atoms with E-state index in [1.165, 1.54) is 0 Å². The second-order valence-electron chi connectivity index (χ2n) is 3.81. The molecule has 0 N–H and O–H groups in total. The lowest BCUT2D eigenvalue weighted by Gasteiger charge is -1.97. The van der Waals surface area contributed by atoms with Crippen LogP contribution in [-0.4, -0.2) is 15.2 Å². The minimum absolute atomic E-state index is 0.620. The van der Waals surface area contributed by atoms with Crippen LogP contribution >= 0.6 is 11.3 Å². The summed E-state index contributed by atoms with van der Waals surface area (Å²) in [6.07, 6.45) is 2.77. The quantitative estimate of drug-likeness (QED) is 0.796. The molecule has 0 atom stereocenters. The predicted octanol–water partition coefficient (Wildman–Crippen LogP) is 2.80. The van der Waals surface area contributed by atoms with Crippen LogP contribution in [0.4, 0.5) is 0 Å². The van der Waals surface area contributed by atoms with Gasteiger partial charge in [-0.15, -0.1) is 10.2 Å². The topological polar surface area (TPSA) is 38.7 Å². The van der Waals surface area contributed by atoms with Crippen LogP contribution in [0.2, 0.25) is 0 Å². The normalized spacial score (nSPS) is 10.9. The Balaban J connectivity index is 2.21. The zero-order valence-corrected chi connectivity index (χ0v) is 9.66. The SMILES string of the molecule is CC(C)Cc1nnc(-c2ccccn2)s1. The van der Waals surface area contributed by atoms with Crippen LogP contribution in [0.15, 0.2) is 24.4 Å². The molecule has 0 amide bonds. The van der Waals surface area contributed by atoms with Gasteiger partial charge in [0.2, 0.25) is 0 Å². The molecule has 0 aliphatic rings. The molecule has 0 radical (unpaired) electrons. The maximum absolute atomic E-state index is 4.25. The largest absolute Gasteiger partial charge is 0.254 e. The van der Waals surface area contributed by atoms with E-state index >= 15 is 0 Å². The highest BCUT2D eigenvalue weighted by Gasteiger charge is 2.08. The smallest absolute Gasteiger partial charge is 0.166 e. The Kier molecular flexibility index (Phi) is 3.06. The predicted molar refractivity (Wildman–Crippen MR) is 61.7 cm³/mol. The zero-order valence-electron chi connectivity index (χ0n) is 8.84. The van der Waals surface area contributed by atoms with Crippen molar-refractivity contribution in [2.75, 3.05) is 0 Å². The molecular formula is C11H13N3S. The van der Waals surface area contributed by atoms with Gasteiger partial charge >= 0.3 is 0 Å². The molecule has 78 valence electrons. The molecule has 2 heterocycles. The van der Waals surface area contributed by atoms with Crippen molar-refractivity contribution in [1.29, 1.82) is 0 Å². The van der Waals surface area contributed by atoms with Crippen molar-refractivity contribution in [2.45, 2.75) is 20.3 Å². The molecule has 0 unspecified atom stereocenters. The van der Waals surface area contributed by atoms with Gasteiger partial charge in [0.15, 0.2) is 5.01 Å². The molecule has 3 nitrogen and oxygen atoms in total. The molecule has 0 aromatic carbocycles. The van der Waals surface area contributed by atoms with E-state index in [0.29, 0.717) is 5.92 Å². The van der Waals surface area contributed by atoms with Gasteiger partial charge in [0.05, 0.1) is 0 Å². The van der Waals surface area contributed by atoms with Gasteiger partial charge in [-0.3, -0.25) is 4.98 Å². The Morgan fingerprint density at radius 2 is 2.13 bits per heavy atom. The third-order valence-electron chi connectivity index (χ3n) is 1.93. The van der Waals surface area contributed by atoms with Crippen molar-refractivity contribution in [3.8, 4) is 10.7 Å². The molecule has 0 bridgehead atoms. The maximum Gasteiger partial charge on any atom is 0.166 e. The number of nitrogens with zero attached hydrogens (tertiary/aromatic N) is 3. The number of rotatable bonds is 3. The van der Waals surface area contributed by atoms with Crippen LogP contribution < -0.4 is 0 Å². The average Bonchev–Trinajstić information content (AvgIpc) is 2.67. The van der Waals surface area contributed by atoms with Crippen molar-refractivity contribution in [3.05, 3.63) is 29.4 Å². The van der Waals surface area contributed by atoms with Gasteiger partial charge in [-0.2, -0.15) is 0 Å². The summed E-state index contributed by atoms with van der Waals surface area (Å²) in [7, 11) is 0. The summed E-state index contributed by atoms with van der Waals surface area (Å²) in [6.45, 7) is 4.36. The first-order valence-corrected chi connectivity index (χ1v) is 5.81. The van der Waals surface area contributed by atoms with Gasteiger partial charge in [0.25, 0.3) is 0 Å². The third kappa shape index (κ3) is 2.59. The molecule has 0 saturated carbocycles. The number of aromatic nitrogens is 3. The summed E-state index contributed by atoms with van der Waals surface area (Å²) in [6, 6.07) is 5.82. The minimum atomic E-state index is 0.620. The number of hydrogen-bond acceptors (Lipinski definition) is 4. The Bertz CT molecular complexity index is 422. The summed E-state index contributed by atoms with van der Waals surface area (Å²) in [4.78, 5) is 4.25. The second-order valence-corrected chi connectivity index (χ2v) is 4.88. The molecular weight excluding hydrogens is 206 g/mol. The highest BCUT2D eigenvalue weighted by molar-refractivity contribution is 7.14. The van der Waals surface area contributed by atoms with Crippen molar-refractivity contribution >= 4 is 11.3 Å². The first-order chi connectivity index (χ1) is 7.25. The van der Waals surface area contributed by atoms with E-state index in [2.05, 4.69) is 29.0 Å². The van der Waals surface area contributed by atoms with Gasteiger partial charge < -0.3 is 0 Å². The Morgan fingerprint density at radius 1 is 1.27 bits per heavy atom. The van der Waals surface area contributed by atoms with Crippen LogP contribution in [0, 0.1) is 5.92 Å². The van der Waals surface area contributed by atoms with Crippen LogP contribution in [0.25, 0.3) is 10.7 Å². The van der Waals surface area contributed by atoms with E-state index < -0.39 is 0 Å². The standard InChI is InChI=1S/C11H13N3S/c1-8(2)7-10-13-14-11(15-10)9-5-3-4-6-12-9/h3-6,8H,7H2,1-2H3. The monoisotopic (exact) mass is 219 g/mol. The van der Waals surface area contributed by atoms with E-state index in [0.717, 1.165) is 22.1 Å². The minimum Gasteiger partial charge on any atom is -0.254 e. The van der Waals surface area contributed by atoms with E-state index in [4.69, 9.17) is 0 Å². The average molecular weight is 219 g/mol. The molecule has 2 aromatic heterocycles. The fraction of sp³-hybridized carbons (Fsp3) is 0.364. The first-order valence-electron chi connectivity index (χ1n) is 4.99. The lowest BCUT2D eigenvalue weighted by Crippen LogP contribution is -1.92. The number of hydrogen-bond donors (Lipinski definition) is 0. The fourth-order valence-electron chi connectivity index (χ4n) is 1.28. The first kappa shape index (κ1) is 10.2. The van der Waals surface area contributed by atoms with E-state index in [-0.39, 0.29) is 0 Å². The lowest BCUT2D eigenvalue weighted by atomic mass is 10.1. The van der Waals surface area contributed by atoms with Crippen molar-refractivity contribution in [1.82, 2.24) is 15.2 Å². The highest BCUT2D eigenvalue weighted by Crippen LogP contribution is 2.22. The highest BCUT2D eigenvalue weighted by atomic mass is 32.1. The summed E-state index contributed by atoms with van der Waals surface area (Å²) >= 11 is 1.63. The number of pyridine rings is 1. The van der Waals surface area contributed by atoms with Gasteiger partial charge in [0, 0.05) is 12.6 Å². The third-order valence-corrected chi connectivity index (χ3v) is 2.90. The summed E-state index contributed by atoms with van der Waals surface area (Å²) in [5.41, 5.74) is 0.907. The molecule has 15 heavy (non-hydrogen) atoms. The molecule has 0 aliphatic heterocycles. The van der Waals surface area contributed by atoms with Gasteiger partial charge in [-0.25, -0.2) is 0 Å². The zero-order chi connectivity index (χ0) is 10.7. The maximum atomic E-state index is 4.25. The molecule has 0 saturated heterocycles. The Labute approximate surface area is 93.2 Å². The van der Waals surface area contributed by atoms with Gasteiger partial charge in [0.1, 0.15) is 10.7 Å². The molecule has 4 heteroatoms. The second kappa shape index (κ2) is 4.49.